The predicted octanol–water partition coefficient (Wildman–Crippen LogP) is 2.20. The lowest BCUT2D eigenvalue weighted by Crippen LogP contribution is -2.44. The first kappa shape index (κ1) is 20.4. The Kier molecular flexibility index (Phi) is 5.76. The minimum Gasteiger partial charge on any atom is -0.493 e. The zero-order valence-corrected chi connectivity index (χ0v) is 16.8. The van der Waals surface area contributed by atoms with Crippen molar-refractivity contribution in [3.63, 3.8) is 0 Å². The maximum Gasteiger partial charge on any atom is 0.224 e. The molecule has 2 aromatic rings. The van der Waals surface area contributed by atoms with Crippen LogP contribution < -0.4 is 10.1 Å². The lowest BCUT2D eigenvalue weighted by Gasteiger charge is -2.34. The van der Waals surface area contributed by atoms with Gasteiger partial charge in [0.15, 0.2) is 9.84 Å². The molecule has 7 heteroatoms. The van der Waals surface area contributed by atoms with Crippen LogP contribution in [0.3, 0.4) is 0 Å². The van der Waals surface area contributed by atoms with E-state index in [0.717, 1.165) is 0 Å². The maximum absolute atomic E-state index is 12.3. The average Bonchev–Trinajstić information content (AvgIpc) is 2.67. The van der Waals surface area contributed by atoms with Crippen LogP contribution in [-0.4, -0.2) is 37.8 Å². The number of hydrogen-bond donors (Lipinski definition) is 2. The summed E-state index contributed by atoms with van der Waals surface area (Å²) in [6, 6.07) is 13.6. The third kappa shape index (κ3) is 4.20. The molecule has 6 nitrogen and oxygen atoms in total. The molecule has 0 aromatic heterocycles. The van der Waals surface area contributed by atoms with Crippen LogP contribution in [0.1, 0.15) is 31.4 Å². The molecule has 0 bridgehead atoms. The van der Waals surface area contributed by atoms with Crippen molar-refractivity contribution in [1.29, 1.82) is 0 Å². The number of ether oxygens (including phenoxy) is 1. The van der Waals surface area contributed by atoms with Gasteiger partial charge in [0, 0.05) is 12.0 Å². The number of amides is 1. The highest BCUT2D eigenvalue weighted by Gasteiger charge is 2.35. The highest BCUT2D eigenvalue weighted by molar-refractivity contribution is 7.92. The second-order valence-electron chi connectivity index (χ2n) is 7.32. The van der Waals surface area contributed by atoms with Crippen molar-refractivity contribution in [1.82, 2.24) is 5.32 Å². The first-order chi connectivity index (χ1) is 13.2. The Hall–Kier alpha value is -2.38. The fourth-order valence-corrected chi connectivity index (χ4v) is 4.25. The monoisotopic (exact) mass is 403 g/mol. The van der Waals surface area contributed by atoms with Gasteiger partial charge >= 0.3 is 0 Å². The van der Waals surface area contributed by atoms with E-state index in [1.165, 1.54) is 12.1 Å². The van der Waals surface area contributed by atoms with Crippen molar-refractivity contribution < 1.29 is 23.1 Å². The Labute approximate surface area is 165 Å². The number of fused-ring (bicyclic) bond motifs is 1. The number of aliphatic hydroxyl groups is 1. The number of para-hydroxylation sites is 1. The molecule has 1 unspecified atom stereocenters. The summed E-state index contributed by atoms with van der Waals surface area (Å²) in [4.78, 5) is 12.6. The second kappa shape index (κ2) is 7.93. The number of sulfone groups is 1. The molecule has 0 aliphatic carbocycles. The van der Waals surface area contributed by atoms with E-state index in [2.05, 4.69) is 5.32 Å². The van der Waals surface area contributed by atoms with Gasteiger partial charge in [0.1, 0.15) is 11.4 Å². The molecule has 0 radical (unpaired) electrons. The van der Waals surface area contributed by atoms with Gasteiger partial charge < -0.3 is 15.2 Å². The number of carbonyl (C=O) groups excluding carboxylic acids is 1. The lowest BCUT2D eigenvalue weighted by atomic mass is 9.88. The van der Waals surface area contributed by atoms with Crippen LogP contribution in [-0.2, 0) is 26.7 Å². The first-order valence-corrected chi connectivity index (χ1v) is 10.8. The second-order valence-corrected chi connectivity index (χ2v) is 9.82. The summed E-state index contributed by atoms with van der Waals surface area (Å²) in [7, 11) is -3.33. The van der Waals surface area contributed by atoms with Crippen molar-refractivity contribution >= 4 is 15.7 Å². The molecule has 1 amide bonds. The average molecular weight is 404 g/mol. The van der Waals surface area contributed by atoms with Crippen LogP contribution in [0.2, 0.25) is 0 Å². The molecule has 1 heterocycles. The zero-order valence-electron chi connectivity index (χ0n) is 16.0. The molecule has 0 saturated heterocycles. The number of benzene rings is 2. The van der Waals surface area contributed by atoms with Crippen molar-refractivity contribution in [2.24, 2.45) is 0 Å². The molecule has 2 aromatic carbocycles. The standard InChI is InChI=1S/C21H25NO5S/c1-15(2)28(25,26)17-9-7-16(8-10-17)13-20(23)22-14-21(24)11-12-27-19-6-4-3-5-18(19)21/h3-10,15,24H,11-14H2,1-2H3,(H,22,23). The summed E-state index contributed by atoms with van der Waals surface area (Å²) in [5, 5.41) is 13.2. The van der Waals surface area contributed by atoms with Crippen LogP contribution in [0.25, 0.3) is 0 Å². The Morgan fingerprint density at radius 1 is 1.18 bits per heavy atom. The predicted molar refractivity (Wildman–Crippen MR) is 106 cm³/mol. The van der Waals surface area contributed by atoms with Gasteiger partial charge in [-0.15, -0.1) is 0 Å². The van der Waals surface area contributed by atoms with Gasteiger partial charge in [-0.3, -0.25) is 4.79 Å². The van der Waals surface area contributed by atoms with E-state index < -0.39 is 20.7 Å². The molecule has 28 heavy (non-hydrogen) atoms. The van der Waals surface area contributed by atoms with Crippen LogP contribution in [0.5, 0.6) is 5.75 Å². The van der Waals surface area contributed by atoms with Crippen molar-refractivity contribution in [2.45, 2.75) is 42.4 Å². The quantitative estimate of drug-likeness (QED) is 0.771. The largest absolute Gasteiger partial charge is 0.493 e. The number of nitrogens with one attached hydrogen (secondary N) is 1. The molecular weight excluding hydrogens is 378 g/mol. The molecule has 0 spiro atoms. The van der Waals surface area contributed by atoms with Crippen LogP contribution in [0.15, 0.2) is 53.4 Å². The Bertz CT molecular complexity index is 953. The molecule has 0 fully saturated rings. The van der Waals surface area contributed by atoms with Crippen molar-refractivity contribution in [3.8, 4) is 5.75 Å². The minimum atomic E-state index is -3.33. The molecule has 1 aliphatic heterocycles. The molecule has 0 saturated carbocycles. The fourth-order valence-electron chi connectivity index (χ4n) is 3.19. The highest BCUT2D eigenvalue weighted by Crippen LogP contribution is 2.36. The topological polar surface area (TPSA) is 92.7 Å². The summed E-state index contributed by atoms with van der Waals surface area (Å²) in [5.41, 5.74) is 0.212. The van der Waals surface area contributed by atoms with E-state index in [-0.39, 0.29) is 23.8 Å². The van der Waals surface area contributed by atoms with Gasteiger partial charge in [-0.1, -0.05) is 30.3 Å². The van der Waals surface area contributed by atoms with Gasteiger partial charge in [0.25, 0.3) is 0 Å². The smallest absolute Gasteiger partial charge is 0.224 e. The summed E-state index contributed by atoms with van der Waals surface area (Å²) >= 11 is 0. The SMILES string of the molecule is CC(C)S(=O)(=O)c1ccc(CC(=O)NCC2(O)CCOc3ccccc32)cc1. The van der Waals surface area contributed by atoms with Gasteiger partial charge in [-0.05, 0) is 37.6 Å². The Morgan fingerprint density at radius 3 is 2.54 bits per heavy atom. The van der Waals surface area contributed by atoms with Crippen molar-refractivity contribution in [2.75, 3.05) is 13.2 Å². The normalized spacial score (nSPS) is 19.0. The van der Waals surface area contributed by atoms with Crippen LogP contribution in [0.4, 0.5) is 0 Å². The van der Waals surface area contributed by atoms with E-state index in [4.69, 9.17) is 4.74 Å². The van der Waals surface area contributed by atoms with E-state index in [1.807, 2.05) is 12.1 Å². The fraction of sp³-hybridized carbons (Fsp3) is 0.381. The van der Waals surface area contributed by atoms with E-state index in [9.17, 15) is 18.3 Å². The third-order valence-electron chi connectivity index (χ3n) is 4.98. The highest BCUT2D eigenvalue weighted by atomic mass is 32.2. The Balaban J connectivity index is 1.63. The van der Waals surface area contributed by atoms with Crippen molar-refractivity contribution in [3.05, 3.63) is 59.7 Å². The molecule has 1 aliphatic rings. The first-order valence-electron chi connectivity index (χ1n) is 9.26. The summed E-state index contributed by atoms with van der Waals surface area (Å²) in [6.07, 6.45) is 0.502. The van der Waals surface area contributed by atoms with Gasteiger partial charge in [0.05, 0.1) is 29.7 Å². The molecule has 1 atom stereocenters. The summed E-state index contributed by atoms with van der Waals surface area (Å²) < 4.78 is 29.9. The molecule has 3 rings (SSSR count). The van der Waals surface area contributed by atoms with E-state index >= 15 is 0 Å². The van der Waals surface area contributed by atoms with Gasteiger partial charge in [-0.25, -0.2) is 8.42 Å². The zero-order chi connectivity index (χ0) is 20.4. The number of hydrogen-bond acceptors (Lipinski definition) is 5. The maximum atomic E-state index is 12.3. The van der Waals surface area contributed by atoms with Gasteiger partial charge in [-0.2, -0.15) is 0 Å². The number of carbonyl (C=O) groups is 1. The number of rotatable bonds is 6. The van der Waals surface area contributed by atoms with Crippen LogP contribution in [0, 0.1) is 0 Å². The summed E-state index contributed by atoms with van der Waals surface area (Å²) in [5.74, 6) is 0.393. The molecule has 150 valence electrons. The molecule has 2 N–H and O–H groups in total. The van der Waals surface area contributed by atoms with E-state index in [1.54, 1.807) is 38.1 Å². The summed E-state index contributed by atoms with van der Waals surface area (Å²) in [6.45, 7) is 3.74. The lowest BCUT2D eigenvalue weighted by molar-refractivity contribution is -0.122. The third-order valence-corrected chi connectivity index (χ3v) is 7.15. The molecular formula is C21H25NO5S. The minimum absolute atomic E-state index is 0.0893. The van der Waals surface area contributed by atoms with E-state index in [0.29, 0.717) is 29.9 Å². The Morgan fingerprint density at radius 2 is 1.86 bits per heavy atom. The van der Waals surface area contributed by atoms with Gasteiger partial charge in [0.2, 0.25) is 5.91 Å². The van der Waals surface area contributed by atoms with Crippen LogP contribution >= 0.6 is 0 Å².